The SMILES string of the molecule is CCC(CO)(CO)CO.CCCCCCC(=O)O. The summed E-state index contributed by atoms with van der Waals surface area (Å²) in [6.07, 6.45) is 5.15. The van der Waals surface area contributed by atoms with Crippen molar-refractivity contribution >= 4 is 5.97 Å². The first kappa shape index (κ1) is 19.7. The second-order valence-electron chi connectivity index (χ2n) is 4.53. The Hall–Kier alpha value is -0.650. The van der Waals surface area contributed by atoms with Crippen molar-refractivity contribution in [2.75, 3.05) is 19.8 Å². The summed E-state index contributed by atoms with van der Waals surface area (Å²) in [6.45, 7) is 3.47. The van der Waals surface area contributed by atoms with Crippen molar-refractivity contribution in [2.45, 2.75) is 52.4 Å². The Balaban J connectivity index is 0. The van der Waals surface area contributed by atoms with Gasteiger partial charge in [-0.05, 0) is 12.8 Å². The molecular formula is C13H28O5. The highest BCUT2D eigenvalue weighted by Gasteiger charge is 2.24. The first-order valence-corrected chi connectivity index (χ1v) is 6.56. The van der Waals surface area contributed by atoms with Crippen LogP contribution >= 0.6 is 0 Å². The Kier molecular flexibility index (Phi) is 14.0. The summed E-state index contributed by atoms with van der Waals surface area (Å²) in [6, 6.07) is 0. The van der Waals surface area contributed by atoms with Crippen molar-refractivity contribution < 1.29 is 25.2 Å². The smallest absolute Gasteiger partial charge is 0.303 e. The number of aliphatic carboxylic acids is 1. The Morgan fingerprint density at radius 1 is 0.944 bits per heavy atom. The number of rotatable bonds is 9. The van der Waals surface area contributed by atoms with E-state index in [1.807, 2.05) is 6.92 Å². The average molecular weight is 264 g/mol. The molecule has 0 atom stereocenters. The third kappa shape index (κ3) is 10.5. The normalized spacial score (nSPS) is 10.7. The monoisotopic (exact) mass is 264 g/mol. The van der Waals surface area contributed by atoms with Crippen LogP contribution in [0.25, 0.3) is 0 Å². The van der Waals surface area contributed by atoms with Crippen LogP contribution < -0.4 is 0 Å². The van der Waals surface area contributed by atoms with Crippen LogP contribution in [0.15, 0.2) is 0 Å². The van der Waals surface area contributed by atoms with E-state index in [9.17, 15) is 4.79 Å². The molecule has 0 aliphatic rings. The van der Waals surface area contributed by atoms with E-state index in [0.717, 1.165) is 19.3 Å². The fraction of sp³-hybridized carbons (Fsp3) is 0.923. The quantitative estimate of drug-likeness (QED) is 0.472. The maximum absolute atomic E-state index is 9.96. The van der Waals surface area contributed by atoms with Crippen molar-refractivity contribution in [3.63, 3.8) is 0 Å². The number of hydrogen-bond acceptors (Lipinski definition) is 4. The second kappa shape index (κ2) is 12.8. The molecule has 0 aliphatic heterocycles. The molecule has 18 heavy (non-hydrogen) atoms. The Labute approximate surface area is 109 Å². The first-order chi connectivity index (χ1) is 8.51. The third-order valence-electron chi connectivity index (χ3n) is 3.00. The van der Waals surface area contributed by atoms with Gasteiger partial charge in [0.25, 0.3) is 0 Å². The molecule has 0 aliphatic carbocycles. The third-order valence-corrected chi connectivity index (χ3v) is 3.00. The van der Waals surface area contributed by atoms with Gasteiger partial charge >= 0.3 is 5.97 Å². The molecule has 0 fully saturated rings. The molecule has 0 spiro atoms. The van der Waals surface area contributed by atoms with Crippen molar-refractivity contribution in [1.29, 1.82) is 0 Å². The molecule has 5 nitrogen and oxygen atoms in total. The van der Waals surface area contributed by atoms with E-state index < -0.39 is 11.4 Å². The van der Waals surface area contributed by atoms with Gasteiger partial charge in [-0.25, -0.2) is 0 Å². The van der Waals surface area contributed by atoms with Gasteiger partial charge in [0, 0.05) is 11.8 Å². The van der Waals surface area contributed by atoms with Crippen LogP contribution in [-0.2, 0) is 4.79 Å². The summed E-state index contributed by atoms with van der Waals surface area (Å²) in [5.74, 6) is -0.675. The van der Waals surface area contributed by atoms with E-state index in [0.29, 0.717) is 12.8 Å². The number of carboxylic acid groups (broad SMARTS) is 1. The lowest BCUT2D eigenvalue weighted by Gasteiger charge is -2.24. The average Bonchev–Trinajstić information content (AvgIpc) is 2.39. The molecule has 4 N–H and O–H groups in total. The fourth-order valence-corrected chi connectivity index (χ4v) is 1.19. The molecule has 0 bridgehead atoms. The van der Waals surface area contributed by atoms with Crippen LogP contribution in [0.3, 0.4) is 0 Å². The highest BCUT2D eigenvalue weighted by molar-refractivity contribution is 5.66. The van der Waals surface area contributed by atoms with Gasteiger partial charge in [0.1, 0.15) is 0 Å². The van der Waals surface area contributed by atoms with Crippen molar-refractivity contribution in [3.05, 3.63) is 0 Å². The Bertz CT molecular complexity index is 172. The van der Waals surface area contributed by atoms with E-state index in [2.05, 4.69) is 6.92 Å². The van der Waals surface area contributed by atoms with Gasteiger partial charge in [-0.3, -0.25) is 4.79 Å². The predicted octanol–water partition coefficient (Wildman–Crippen LogP) is 1.40. The maximum Gasteiger partial charge on any atom is 0.303 e. The molecule has 0 saturated carbocycles. The van der Waals surface area contributed by atoms with Gasteiger partial charge in [-0.2, -0.15) is 0 Å². The van der Waals surface area contributed by atoms with E-state index >= 15 is 0 Å². The van der Waals surface area contributed by atoms with Gasteiger partial charge in [0.2, 0.25) is 0 Å². The standard InChI is InChI=1S/C7H14O2.C6H14O3/c1-2-3-4-5-6-7(8)9;1-2-6(3-7,4-8)5-9/h2-6H2,1H3,(H,8,9);7-9H,2-5H2,1H3. The summed E-state index contributed by atoms with van der Waals surface area (Å²) in [7, 11) is 0. The summed E-state index contributed by atoms with van der Waals surface area (Å²) in [5, 5.41) is 34.2. The van der Waals surface area contributed by atoms with Crippen LogP contribution in [0.5, 0.6) is 0 Å². The second-order valence-corrected chi connectivity index (χ2v) is 4.53. The molecular weight excluding hydrogens is 236 g/mol. The lowest BCUT2D eigenvalue weighted by atomic mass is 9.88. The van der Waals surface area contributed by atoms with Gasteiger partial charge in [0.15, 0.2) is 0 Å². The molecule has 5 heteroatoms. The molecule has 0 saturated heterocycles. The van der Waals surface area contributed by atoms with E-state index in [1.165, 1.54) is 6.42 Å². The number of aliphatic hydroxyl groups is 3. The highest BCUT2D eigenvalue weighted by atomic mass is 16.4. The number of aliphatic hydroxyl groups excluding tert-OH is 3. The lowest BCUT2D eigenvalue weighted by Crippen LogP contribution is -2.32. The molecule has 0 aromatic rings. The zero-order chi connectivity index (χ0) is 14.4. The minimum absolute atomic E-state index is 0.156. The largest absolute Gasteiger partial charge is 0.481 e. The number of carbonyl (C=O) groups is 1. The van der Waals surface area contributed by atoms with Crippen LogP contribution in [0, 0.1) is 5.41 Å². The van der Waals surface area contributed by atoms with Gasteiger partial charge in [-0.1, -0.05) is 33.1 Å². The molecule has 0 aromatic heterocycles. The summed E-state index contributed by atoms with van der Waals surface area (Å²) in [5.41, 5.74) is -0.667. The van der Waals surface area contributed by atoms with Crippen LogP contribution in [0.4, 0.5) is 0 Å². The molecule has 0 amide bonds. The van der Waals surface area contributed by atoms with E-state index in [1.54, 1.807) is 0 Å². The topological polar surface area (TPSA) is 98.0 Å². The van der Waals surface area contributed by atoms with E-state index in [-0.39, 0.29) is 19.8 Å². The Morgan fingerprint density at radius 3 is 1.67 bits per heavy atom. The van der Waals surface area contributed by atoms with E-state index in [4.69, 9.17) is 20.4 Å². The summed E-state index contributed by atoms with van der Waals surface area (Å²) >= 11 is 0. The first-order valence-electron chi connectivity index (χ1n) is 6.56. The molecule has 0 rings (SSSR count). The summed E-state index contributed by atoms with van der Waals surface area (Å²) < 4.78 is 0. The maximum atomic E-state index is 9.96. The van der Waals surface area contributed by atoms with Gasteiger partial charge in [0.05, 0.1) is 19.8 Å². The van der Waals surface area contributed by atoms with Gasteiger partial charge in [-0.15, -0.1) is 0 Å². The zero-order valence-electron chi connectivity index (χ0n) is 11.6. The number of unbranched alkanes of at least 4 members (excludes halogenated alkanes) is 3. The number of hydrogen-bond donors (Lipinski definition) is 4. The van der Waals surface area contributed by atoms with Crippen molar-refractivity contribution in [3.8, 4) is 0 Å². The van der Waals surface area contributed by atoms with Crippen LogP contribution in [0.1, 0.15) is 52.4 Å². The summed E-state index contributed by atoms with van der Waals surface area (Å²) in [4.78, 5) is 9.96. The minimum Gasteiger partial charge on any atom is -0.481 e. The predicted molar refractivity (Wildman–Crippen MR) is 70.4 cm³/mol. The number of carboxylic acids is 1. The van der Waals surface area contributed by atoms with Crippen molar-refractivity contribution in [2.24, 2.45) is 5.41 Å². The highest BCUT2D eigenvalue weighted by Crippen LogP contribution is 2.18. The molecule has 0 aromatic carbocycles. The molecule has 0 heterocycles. The van der Waals surface area contributed by atoms with Crippen LogP contribution in [-0.4, -0.2) is 46.2 Å². The molecule has 110 valence electrons. The van der Waals surface area contributed by atoms with Crippen LogP contribution in [0.2, 0.25) is 0 Å². The minimum atomic E-state index is -0.675. The fourth-order valence-electron chi connectivity index (χ4n) is 1.19. The lowest BCUT2D eigenvalue weighted by molar-refractivity contribution is -0.137. The Morgan fingerprint density at radius 2 is 1.44 bits per heavy atom. The molecule has 0 unspecified atom stereocenters. The zero-order valence-corrected chi connectivity index (χ0v) is 11.6. The van der Waals surface area contributed by atoms with Crippen molar-refractivity contribution in [1.82, 2.24) is 0 Å². The van der Waals surface area contributed by atoms with Gasteiger partial charge < -0.3 is 20.4 Å². The molecule has 0 radical (unpaired) electrons.